The Morgan fingerprint density at radius 2 is 1.29 bits per heavy atom. The lowest BCUT2D eigenvalue weighted by Crippen LogP contribution is -2.55. The number of anilines is 1. The minimum Gasteiger partial charge on any atom is -0.508 e. The molecule has 5 rings (SSSR count). The molecule has 1 fully saturated rings. The van der Waals surface area contributed by atoms with Crippen LogP contribution in [0.25, 0.3) is 0 Å². The number of likely N-dealkylation sites (tertiary alicyclic amines) is 1. The number of hydrazine groups is 1. The molecule has 15 nitrogen and oxygen atoms in total. The minimum absolute atomic E-state index is 0.0231. The van der Waals surface area contributed by atoms with Gasteiger partial charge in [-0.3, -0.25) is 39.6 Å². The lowest BCUT2D eigenvalue weighted by Gasteiger charge is -2.38. The first-order valence-corrected chi connectivity index (χ1v) is 21.1. The summed E-state index contributed by atoms with van der Waals surface area (Å²) in [4.78, 5) is 82.7. The van der Waals surface area contributed by atoms with E-state index in [1.165, 1.54) is 24.6 Å². The molecule has 62 heavy (non-hydrogen) atoms. The van der Waals surface area contributed by atoms with Crippen molar-refractivity contribution in [1.29, 1.82) is 0 Å². The molecule has 328 valence electrons. The molecule has 3 atom stereocenters. The Morgan fingerprint density at radius 1 is 0.694 bits per heavy atom. The molecule has 0 aliphatic carbocycles. The van der Waals surface area contributed by atoms with E-state index in [-0.39, 0.29) is 49.8 Å². The summed E-state index contributed by atoms with van der Waals surface area (Å²) >= 11 is 0. The molecule has 0 unspecified atom stereocenters. The Balaban J connectivity index is 1.06. The van der Waals surface area contributed by atoms with E-state index in [4.69, 9.17) is 5.73 Å². The van der Waals surface area contributed by atoms with Crippen LogP contribution in [0, 0.1) is 0 Å². The van der Waals surface area contributed by atoms with Gasteiger partial charge in [-0.1, -0.05) is 91.0 Å². The maximum atomic E-state index is 13.7. The van der Waals surface area contributed by atoms with Gasteiger partial charge < -0.3 is 36.6 Å². The topological polar surface area (TPSA) is 215 Å². The lowest BCUT2D eigenvalue weighted by molar-refractivity contribution is -0.133. The van der Waals surface area contributed by atoms with Crippen LogP contribution in [-0.4, -0.2) is 95.8 Å². The average molecular weight is 847 g/mol. The summed E-state index contributed by atoms with van der Waals surface area (Å²) in [6.45, 7) is 3.68. The monoisotopic (exact) mass is 846 g/mol. The van der Waals surface area contributed by atoms with Crippen molar-refractivity contribution in [2.24, 2.45) is 5.73 Å². The number of nitrogens with two attached hydrogens (primary N) is 1. The number of nitrogens with zero attached hydrogens (tertiary/aromatic N) is 2. The van der Waals surface area contributed by atoms with Crippen LogP contribution in [-0.2, 0) is 48.0 Å². The third-order valence-electron chi connectivity index (χ3n) is 10.7. The third-order valence-corrected chi connectivity index (χ3v) is 10.7. The highest BCUT2D eigenvalue weighted by Crippen LogP contribution is 2.25. The summed E-state index contributed by atoms with van der Waals surface area (Å²) in [7, 11) is 0. The largest absolute Gasteiger partial charge is 0.508 e. The van der Waals surface area contributed by atoms with Crippen molar-refractivity contribution in [1.82, 2.24) is 31.7 Å². The van der Waals surface area contributed by atoms with E-state index >= 15 is 0 Å². The first kappa shape index (κ1) is 46.5. The number of piperidine rings is 1. The first-order chi connectivity index (χ1) is 29.9. The normalized spacial score (nSPS) is 14.4. The standard InChI is InChI=1S/C47H58N8O7/c1-33(50-46(61)40(48)30-36-20-22-39(56)23-21-36)45(60)49-32-43(58)51-41(31-35-14-7-3-8-15-35)47(62)53-52-42(57)18-11-19-44(59)55(37-16-9-4-10-17-37)38-25-28-54(29-26-38)27-24-34-12-5-2-6-13-34/h2-10,12-17,20-23,33,38,40-41,56H,11,18-19,24-32,48H2,1H3,(H,49,60)(H,50,61)(H,51,58)(H,52,57)(H,53,62)/t33-,40+,41+/m0/s1. The van der Waals surface area contributed by atoms with Crippen molar-refractivity contribution in [3.63, 3.8) is 0 Å². The summed E-state index contributed by atoms with van der Waals surface area (Å²) in [6.07, 6.45) is 3.29. The summed E-state index contributed by atoms with van der Waals surface area (Å²) < 4.78 is 0. The average Bonchev–Trinajstić information content (AvgIpc) is 3.28. The number of aromatic hydroxyl groups is 1. The zero-order valence-corrected chi connectivity index (χ0v) is 35.1. The number of phenolic OH excluding ortho intramolecular Hbond substituents is 1. The SMILES string of the molecule is C[C@H](NC(=O)[C@H](N)Cc1ccc(O)cc1)C(=O)NCC(=O)N[C@H](Cc1ccccc1)C(=O)NNC(=O)CCCC(=O)N(c1ccccc1)C1CCN(CCc2ccccc2)CC1. The molecule has 0 bridgehead atoms. The molecule has 4 aromatic carbocycles. The Hall–Kier alpha value is -6.58. The van der Waals surface area contributed by atoms with Gasteiger partial charge in [-0.15, -0.1) is 0 Å². The lowest BCUT2D eigenvalue weighted by atomic mass is 10.0. The molecule has 1 aliphatic rings. The molecule has 1 aliphatic heterocycles. The number of rotatable bonds is 20. The maximum Gasteiger partial charge on any atom is 0.261 e. The van der Waals surface area contributed by atoms with Crippen LogP contribution in [0.3, 0.4) is 0 Å². The molecule has 0 radical (unpaired) electrons. The first-order valence-electron chi connectivity index (χ1n) is 21.1. The van der Waals surface area contributed by atoms with Crippen molar-refractivity contribution in [3.05, 3.63) is 132 Å². The fraction of sp³-hybridized carbons (Fsp3) is 0.362. The molecule has 15 heteroatoms. The minimum atomic E-state index is -1.12. The van der Waals surface area contributed by atoms with Gasteiger partial charge in [0, 0.05) is 50.6 Å². The molecule has 1 heterocycles. The van der Waals surface area contributed by atoms with Gasteiger partial charge in [0.2, 0.25) is 29.5 Å². The molecule has 8 N–H and O–H groups in total. The van der Waals surface area contributed by atoms with Gasteiger partial charge in [-0.2, -0.15) is 0 Å². The van der Waals surface area contributed by atoms with Gasteiger partial charge in [0.25, 0.3) is 5.91 Å². The van der Waals surface area contributed by atoms with Crippen LogP contribution < -0.4 is 37.4 Å². The molecule has 6 amide bonds. The number of para-hydroxylation sites is 1. The number of hydrogen-bond donors (Lipinski definition) is 7. The van der Waals surface area contributed by atoms with Crippen molar-refractivity contribution in [2.45, 2.75) is 82.5 Å². The summed E-state index contributed by atoms with van der Waals surface area (Å²) in [5, 5.41) is 17.1. The second kappa shape index (κ2) is 24.0. The number of carbonyl (C=O) groups is 6. The molecule has 0 spiro atoms. The van der Waals surface area contributed by atoms with E-state index in [0.717, 1.165) is 55.7 Å². The van der Waals surface area contributed by atoms with Gasteiger partial charge in [0.15, 0.2) is 0 Å². The Kier molecular flexibility index (Phi) is 18.0. The smallest absolute Gasteiger partial charge is 0.261 e. The maximum absolute atomic E-state index is 13.7. The molecule has 0 aromatic heterocycles. The van der Waals surface area contributed by atoms with E-state index in [1.807, 2.05) is 47.4 Å². The van der Waals surface area contributed by atoms with Crippen LogP contribution in [0.1, 0.15) is 55.7 Å². The van der Waals surface area contributed by atoms with Gasteiger partial charge >= 0.3 is 0 Å². The van der Waals surface area contributed by atoms with Crippen molar-refractivity contribution < 1.29 is 33.9 Å². The number of benzene rings is 4. The van der Waals surface area contributed by atoms with E-state index < -0.39 is 54.2 Å². The van der Waals surface area contributed by atoms with Gasteiger partial charge in [0.05, 0.1) is 12.6 Å². The quantitative estimate of drug-likeness (QED) is 0.0651. The predicted octanol–water partition coefficient (Wildman–Crippen LogP) is 2.67. The van der Waals surface area contributed by atoms with Gasteiger partial charge in [-0.05, 0) is 80.0 Å². The zero-order valence-electron chi connectivity index (χ0n) is 35.1. The molecule has 1 saturated heterocycles. The van der Waals surface area contributed by atoms with Gasteiger partial charge in [-0.25, -0.2) is 0 Å². The summed E-state index contributed by atoms with van der Waals surface area (Å²) in [5.41, 5.74) is 14.4. The molecule has 0 saturated carbocycles. The summed E-state index contributed by atoms with van der Waals surface area (Å²) in [5.74, 6) is -3.07. The fourth-order valence-corrected chi connectivity index (χ4v) is 7.27. The van der Waals surface area contributed by atoms with Crippen molar-refractivity contribution in [2.75, 3.05) is 31.1 Å². The van der Waals surface area contributed by atoms with Gasteiger partial charge in [0.1, 0.15) is 17.8 Å². The number of hydrogen-bond acceptors (Lipinski definition) is 9. The summed E-state index contributed by atoms with van der Waals surface area (Å²) in [6, 6.07) is 32.1. The number of amides is 6. The Bertz CT molecular complexity index is 2060. The highest BCUT2D eigenvalue weighted by atomic mass is 16.3. The molecule has 4 aromatic rings. The number of nitrogens with one attached hydrogen (secondary N) is 5. The Morgan fingerprint density at radius 3 is 1.94 bits per heavy atom. The fourth-order valence-electron chi connectivity index (χ4n) is 7.27. The van der Waals surface area contributed by atoms with Crippen LogP contribution in [0.15, 0.2) is 115 Å². The van der Waals surface area contributed by atoms with Crippen LogP contribution in [0.4, 0.5) is 5.69 Å². The number of carbonyl (C=O) groups excluding carboxylic acids is 6. The zero-order chi connectivity index (χ0) is 44.3. The van der Waals surface area contributed by atoms with E-state index in [0.29, 0.717) is 0 Å². The second-order valence-electron chi connectivity index (χ2n) is 15.5. The number of phenols is 1. The second-order valence-corrected chi connectivity index (χ2v) is 15.5. The highest BCUT2D eigenvalue weighted by molar-refractivity contribution is 5.95. The van der Waals surface area contributed by atoms with Crippen molar-refractivity contribution in [3.8, 4) is 5.75 Å². The third kappa shape index (κ3) is 15.2. The molecular weight excluding hydrogens is 789 g/mol. The van der Waals surface area contributed by atoms with Crippen molar-refractivity contribution >= 4 is 41.1 Å². The van der Waals surface area contributed by atoms with E-state index in [9.17, 15) is 33.9 Å². The molecular formula is C47H58N8O7. The Labute approximate surface area is 362 Å². The van der Waals surface area contributed by atoms with E-state index in [1.54, 1.807) is 36.4 Å². The predicted molar refractivity (Wildman–Crippen MR) is 236 cm³/mol. The van der Waals surface area contributed by atoms with Crippen LogP contribution in [0.5, 0.6) is 5.75 Å². The van der Waals surface area contributed by atoms with Crippen LogP contribution >= 0.6 is 0 Å². The highest BCUT2D eigenvalue weighted by Gasteiger charge is 2.29. The van der Waals surface area contributed by atoms with Crippen LogP contribution in [0.2, 0.25) is 0 Å². The van der Waals surface area contributed by atoms with E-state index in [2.05, 4.69) is 56.0 Å².